The molecule has 3 atom stereocenters. The van der Waals surface area contributed by atoms with E-state index in [0.717, 1.165) is 11.1 Å². The fourth-order valence-corrected chi connectivity index (χ4v) is 2.54. The first-order chi connectivity index (χ1) is 20.4. The summed E-state index contributed by atoms with van der Waals surface area (Å²) >= 11 is 0. The number of hydrogen-bond donors (Lipinski definition) is 11. The van der Waals surface area contributed by atoms with Crippen molar-refractivity contribution in [1.29, 1.82) is 0 Å². The second-order valence-electron chi connectivity index (χ2n) is 9.22. The van der Waals surface area contributed by atoms with Gasteiger partial charge in [-0.3, -0.25) is 24.0 Å². The van der Waals surface area contributed by atoms with Crippen LogP contribution < -0.4 is 28.7 Å². The molecule has 0 heterocycles. The van der Waals surface area contributed by atoms with Gasteiger partial charge in [-0.1, -0.05) is 56.3 Å². The quantitative estimate of drug-likeness (QED) is 0.149. The molecule has 44 heavy (non-hydrogen) atoms. The van der Waals surface area contributed by atoms with E-state index in [1.54, 1.807) is 12.1 Å². The first-order valence-electron chi connectivity index (χ1n) is 13.0. The van der Waals surface area contributed by atoms with E-state index in [9.17, 15) is 24.0 Å². The molecule has 0 aromatic heterocycles. The van der Waals surface area contributed by atoms with Gasteiger partial charge in [0.05, 0.1) is 13.1 Å². The maximum absolute atomic E-state index is 10.4. The molecule has 2 rings (SSSR count). The van der Waals surface area contributed by atoms with Crippen LogP contribution in [0.15, 0.2) is 54.6 Å². The maximum atomic E-state index is 10.4. The van der Waals surface area contributed by atoms with Crippen LogP contribution in [-0.4, -0.2) is 91.7 Å². The van der Waals surface area contributed by atoms with Crippen LogP contribution in [-0.2, 0) is 36.8 Å². The predicted octanol–water partition coefficient (Wildman–Crippen LogP) is -0.509. The van der Waals surface area contributed by atoms with Crippen LogP contribution in [0.4, 0.5) is 0 Å². The SMILES string of the molecule is CC(C)C[C@H](N)C(=O)O.NCC(=O)O.NCC(=O)O.N[C@@H](Cc1ccc(O)cc1)C(=O)O.N[C@@H](Cc1ccccc1)C(=O)O. The molecule has 0 saturated carbocycles. The minimum absolute atomic E-state index is 0.160. The third kappa shape index (κ3) is 28.9. The summed E-state index contributed by atoms with van der Waals surface area (Å²) in [6, 6.07) is 13.3. The predicted molar refractivity (Wildman–Crippen MR) is 162 cm³/mol. The van der Waals surface area contributed by atoms with Gasteiger partial charge >= 0.3 is 29.8 Å². The van der Waals surface area contributed by atoms with Crippen molar-refractivity contribution in [3.8, 4) is 5.75 Å². The second-order valence-corrected chi connectivity index (χ2v) is 9.22. The summed E-state index contributed by atoms with van der Waals surface area (Å²) in [5.74, 6) is -4.31. The van der Waals surface area contributed by atoms with Gasteiger partial charge in [-0.25, -0.2) is 0 Å². The molecule has 0 aliphatic heterocycles. The molecule has 2 aromatic rings. The van der Waals surface area contributed by atoms with Gasteiger partial charge < -0.3 is 59.3 Å². The van der Waals surface area contributed by atoms with E-state index in [1.807, 2.05) is 44.2 Å². The number of carboxylic acid groups (broad SMARTS) is 5. The number of rotatable bonds is 11. The topological polar surface area (TPSA) is 337 Å². The molecule has 16 N–H and O–H groups in total. The first kappa shape index (κ1) is 43.8. The standard InChI is InChI=1S/C9H11NO3.C9H11NO2.C6H13NO2.2C2H5NO2/c10-8(9(12)13)5-6-1-3-7(11)4-2-6;10-8(9(11)12)6-7-4-2-1-3-5-7;1-4(2)3-5(7)6(8)9;2*3-1-2(4)5/h1-4,8,11H,5,10H2,(H,12,13);1-5,8H,6,10H2,(H,11,12);4-5H,3,7H2,1-2H3,(H,8,9);2*1,3H2,(H,4,5)/t2*8-;5-;;/m000../s1. The molecular weight excluding hydrogens is 582 g/mol. The number of aromatic hydroxyl groups is 1. The largest absolute Gasteiger partial charge is 0.508 e. The van der Waals surface area contributed by atoms with Crippen LogP contribution in [0.1, 0.15) is 31.4 Å². The van der Waals surface area contributed by atoms with Gasteiger partial charge in [-0.15, -0.1) is 0 Å². The number of carbonyl (C=O) groups is 5. The Morgan fingerprint density at radius 3 is 1.16 bits per heavy atom. The van der Waals surface area contributed by atoms with Gasteiger partial charge in [-0.05, 0) is 48.4 Å². The number of phenolic OH excluding ortho intramolecular Hbond substituents is 1. The molecule has 2 aromatic carbocycles. The molecule has 16 nitrogen and oxygen atoms in total. The lowest BCUT2D eigenvalue weighted by Crippen LogP contribution is -2.32. The van der Waals surface area contributed by atoms with Crippen LogP contribution in [0, 0.1) is 5.92 Å². The highest BCUT2D eigenvalue weighted by Gasteiger charge is 2.13. The lowest BCUT2D eigenvalue weighted by molar-refractivity contribution is -0.139. The van der Waals surface area contributed by atoms with Crippen molar-refractivity contribution in [2.45, 2.75) is 51.2 Å². The normalized spacial score (nSPS) is 11.5. The number of hydrogen-bond acceptors (Lipinski definition) is 11. The molecule has 0 unspecified atom stereocenters. The maximum Gasteiger partial charge on any atom is 0.320 e. The van der Waals surface area contributed by atoms with Crippen molar-refractivity contribution in [2.75, 3.05) is 13.1 Å². The number of aliphatic carboxylic acids is 5. The second kappa shape index (κ2) is 26.1. The van der Waals surface area contributed by atoms with E-state index in [2.05, 4.69) is 11.5 Å². The third-order valence-corrected chi connectivity index (χ3v) is 4.72. The van der Waals surface area contributed by atoms with Crippen LogP contribution in [0.3, 0.4) is 0 Å². The lowest BCUT2D eigenvalue weighted by Gasteiger charge is -2.07. The average molecular weight is 628 g/mol. The average Bonchev–Trinajstić information content (AvgIpc) is 2.95. The first-order valence-corrected chi connectivity index (χ1v) is 13.0. The highest BCUT2D eigenvalue weighted by Crippen LogP contribution is 2.10. The molecule has 16 heteroatoms. The highest BCUT2D eigenvalue weighted by atomic mass is 16.4. The minimum atomic E-state index is -1.02. The Morgan fingerprint density at radius 1 is 0.591 bits per heavy atom. The van der Waals surface area contributed by atoms with Crippen molar-refractivity contribution < 1.29 is 54.6 Å². The number of nitrogens with two attached hydrogens (primary N) is 5. The van der Waals surface area contributed by atoms with Gasteiger partial charge in [-0.2, -0.15) is 0 Å². The Balaban J connectivity index is -0.000000504. The highest BCUT2D eigenvalue weighted by molar-refractivity contribution is 5.74. The number of carboxylic acids is 5. The molecule has 0 spiro atoms. The summed E-state index contributed by atoms with van der Waals surface area (Å²) < 4.78 is 0. The molecule has 0 fully saturated rings. The Labute approximate surface area is 255 Å². The fraction of sp³-hybridized carbons (Fsp3) is 0.393. The Hall–Kier alpha value is -4.61. The zero-order chi connectivity index (χ0) is 34.8. The minimum Gasteiger partial charge on any atom is -0.508 e. The van der Waals surface area contributed by atoms with Gasteiger partial charge in [0.15, 0.2) is 0 Å². The molecule has 0 saturated heterocycles. The van der Waals surface area contributed by atoms with Crippen molar-refractivity contribution in [3.63, 3.8) is 0 Å². The zero-order valence-corrected chi connectivity index (χ0v) is 24.7. The van der Waals surface area contributed by atoms with Crippen LogP contribution in [0.2, 0.25) is 0 Å². The zero-order valence-electron chi connectivity index (χ0n) is 24.7. The van der Waals surface area contributed by atoms with Crippen molar-refractivity contribution >= 4 is 29.8 Å². The Bertz CT molecular complexity index is 1090. The monoisotopic (exact) mass is 627 g/mol. The van der Waals surface area contributed by atoms with E-state index in [0.29, 0.717) is 18.8 Å². The smallest absolute Gasteiger partial charge is 0.320 e. The van der Waals surface area contributed by atoms with Gasteiger partial charge in [0.25, 0.3) is 0 Å². The van der Waals surface area contributed by atoms with Crippen LogP contribution >= 0.6 is 0 Å². The molecular formula is C28H45N5O11. The summed E-state index contributed by atoms with van der Waals surface area (Å²) in [7, 11) is 0. The third-order valence-electron chi connectivity index (χ3n) is 4.72. The Morgan fingerprint density at radius 2 is 0.909 bits per heavy atom. The fourth-order valence-electron chi connectivity index (χ4n) is 2.54. The van der Waals surface area contributed by atoms with Gasteiger partial charge in [0.1, 0.15) is 23.9 Å². The van der Waals surface area contributed by atoms with E-state index in [-0.39, 0.29) is 25.3 Å². The Kier molecular flexibility index (Phi) is 26.0. The number of phenols is 1. The van der Waals surface area contributed by atoms with Gasteiger partial charge in [0.2, 0.25) is 0 Å². The van der Waals surface area contributed by atoms with Crippen molar-refractivity contribution in [2.24, 2.45) is 34.6 Å². The summed E-state index contributed by atoms with van der Waals surface area (Å²) in [5, 5.41) is 49.5. The van der Waals surface area contributed by atoms with Crippen molar-refractivity contribution in [1.82, 2.24) is 0 Å². The molecule has 0 aliphatic rings. The van der Waals surface area contributed by atoms with Gasteiger partial charge in [0, 0.05) is 0 Å². The van der Waals surface area contributed by atoms with E-state index in [4.69, 9.17) is 47.8 Å². The molecule has 0 radical (unpaired) electrons. The summed E-state index contributed by atoms with van der Waals surface area (Å²) in [6.07, 6.45) is 1.21. The molecule has 248 valence electrons. The van der Waals surface area contributed by atoms with Crippen molar-refractivity contribution in [3.05, 3.63) is 65.7 Å². The number of benzene rings is 2. The van der Waals surface area contributed by atoms with E-state index < -0.39 is 48.0 Å². The van der Waals surface area contributed by atoms with E-state index >= 15 is 0 Å². The lowest BCUT2D eigenvalue weighted by atomic mass is 10.1. The summed E-state index contributed by atoms with van der Waals surface area (Å²) in [5.41, 5.74) is 26.8. The molecule has 0 bridgehead atoms. The van der Waals surface area contributed by atoms with Crippen LogP contribution in [0.25, 0.3) is 0 Å². The molecule has 0 amide bonds. The summed E-state index contributed by atoms with van der Waals surface area (Å²) in [6.45, 7) is 3.34. The molecule has 0 aliphatic carbocycles. The van der Waals surface area contributed by atoms with Crippen LogP contribution in [0.5, 0.6) is 5.75 Å². The van der Waals surface area contributed by atoms with E-state index in [1.165, 1.54) is 12.1 Å². The summed E-state index contributed by atoms with van der Waals surface area (Å²) in [4.78, 5) is 49.4.